The van der Waals surface area contributed by atoms with Crippen LogP contribution >= 0.6 is 11.8 Å². The number of pyridine rings is 1. The van der Waals surface area contributed by atoms with Crippen LogP contribution in [-0.2, 0) is 0 Å². The summed E-state index contributed by atoms with van der Waals surface area (Å²) < 4.78 is 32.2. The van der Waals surface area contributed by atoms with Crippen LogP contribution in [0.4, 0.5) is 14.5 Å². The van der Waals surface area contributed by atoms with Crippen LogP contribution in [-0.4, -0.2) is 46.8 Å². The molecule has 2 atom stereocenters. The number of aromatic carboxylic acids is 1. The van der Waals surface area contributed by atoms with Gasteiger partial charge in [0.25, 0.3) is 0 Å². The summed E-state index contributed by atoms with van der Waals surface area (Å²) in [6.45, 7) is 0.758. The molecule has 1 aromatic heterocycles. The van der Waals surface area contributed by atoms with E-state index in [9.17, 15) is 19.1 Å². The van der Waals surface area contributed by atoms with Gasteiger partial charge >= 0.3 is 5.97 Å². The van der Waals surface area contributed by atoms with Gasteiger partial charge in [-0.2, -0.15) is 11.8 Å². The Labute approximate surface area is 170 Å². The molecule has 1 aliphatic heterocycles. The van der Waals surface area contributed by atoms with Gasteiger partial charge < -0.3 is 20.3 Å². The van der Waals surface area contributed by atoms with E-state index in [0.29, 0.717) is 13.1 Å². The first kappa shape index (κ1) is 20.2. The quantitative estimate of drug-likeness (QED) is 0.769. The SMILES string of the molecule is CSCC1CN(c2c(F)cc3c(=O)c(C(=O)O)cn(C4CCC4)c3c2F)CC1N. The number of carboxylic acid groups (broad SMARTS) is 1. The fourth-order valence-corrected chi connectivity index (χ4v) is 5.08. The Balaban J connectivity index is 1.91. The maximum Gasteiger partial charge on any atom is 0.341 e. The molecule has 2 aliphatic rings. The molecule has 156 valence electrons. The predicted molar refractivity (Wildman–Crippen MR) is 110 cm³/mol. The summed E-state index contributed by atoms with van der Waals surface area (Å²) in [5.41, 5.74) is 4.62. The lowest BCUT2D eigenvalue weighted by Gasteiger charge is -2.31. The van der Waals surface area contributed by atoms with Crippen molar-refractivity contribution in [3.05, 3.63) is 39.7 Å². The molecule has 1 aliphatic carbocycles. The van der Waals surface area contributed by atoms with Gasteiger partial charge in [-0.1, -0.05) is 0 Å². The molecular formula is C20H23F2N3O3S. The largest absolute Gasteiger partial charge is 0.477 e. The number of hydrogen-bond donors (Lipinski definition) is 2. The third kappa shape index (κ3) is 3.30. The van der Waals surface area contributed by atoms with Crippen LogP contribution < -0.4 is 16.1 Å². The summed E-state index contributed by atoms with van der Waals surface area (Å²) in [7, 11) is 0. The zero-order valence-corrected chi connectivity index (χ0v) is 16.8. The van der Waals surface area contributed by atoms with Crippen molar-refractivity contribution >= 4 is 34.3 Å². The number of hydrogen-bond acceptors (Lipinski definition) is 5. The minimum absolute atomic E-state index is 0.0250. The fourth-order valence-electron chi connectivity index (χ4n) is 4.30. The number of benzene rings is 1. The number of nitrogens with zero attached hydrogens (tertiary/aromatic N) is 2. The van der Waals surface area contributed by atoms with E-state index in [2.05, 4.69) is 0 Å². The van der Waals surface area contributed by atoms with Crippen molar-refractivity contribution < 1.29 is 18.7 Å². The van der Waals surface area contributed by atoms with Crippen molar-refractivity contribution in [3.8, 4) is 0 Å². The van der Waals surface area contributed by atoms with Gasteiger partial charge in [-0.25, -0.2) is 13.6 Å². The molecule has 2 fully saturated rings. The third-order valence-electron chi connectivity index (χ3n) is 6.07. The van der Waals surface area contributed by atoms with Crippen LogP contribution in [0.3, 0.4) is 0 Å². The molecule has 0 bridgehead atoms. The second-order valence-corrected chi connectivity index (χ2v) is 8.78. The van der Waals surface area contributed by atoms with E-state index in [4.69, 9.17) is 5.73 Å². The second kappa shape index (κ2) is 7.60. The summed E-state index contributed by atoms with van der Waals surface area (Å²) in [6.07, 6.45) is 5.62. The topological polar surface area (TPSA) is 88.6 Å². The van der Waals surface area contributed by atoms with E-state index in [1.54, 1.807) is 16.7 Å². The predicted octanol–water partition coefficient (Wildman–Crippen LogP) is 2.83. The van der Waals surface area contributed by atoms with Gasteiger partial charge in [0.1, 0.15) is 17.1 Å². The minimum atomic E-state index is -1.40. The molecule has 6 nitrogen and oxygen atoms in total. The highest BCUT2D eigenvalue weighted by molar-refractivity contribution is 7.98. The smallest absolute Gasteiger partial charge is 0.341 e. The van der Waals surface area contributed by atoms with Crippen LogP contribution in [0.15, 0.2) is 17.1 Å². The monoisotopic (exact) mass is 423 g/mol. The molecule has 1 saturated heterocycles. The van der Waals surface area contributed by atoms with Crippen LogP contribution in [0, 0.1) is 17.6 Å². The van der Waals surface area contributed by atoms with Crippen LogP contribution in [0.1, 0.15) is 35.7 Å². The number of thioether (sulfide) groups is 1. The molecule has 2 heterocycles. The van der Waals surface area contributed by atoms with Gasteiger partial charge in [-0.3, -0.25) is 4.79 Å². The average molecular weight is 423 g/mol. The van der Waals surface area contributed by atoms with E-state index in [0.717, 1.165) is 31.1 Å². The average Bonchev–Trinajstić information content (AvgIpc) is 2.96. The molecule has 29 heavy (non-hydrogen) atoms. The Kier molecular flexibility index (Phi) is 5.29. The molecule has 3 N–H and O–H groups in total. The third-order valence-corrected chi connectivity index (χ3v) is 6.83. The van der Waals surface area contributed by atoms with Crippen molar-refractivity contribution in [2.75, 3.05) is 30.0 Å². The van der Waals surface area contributed by atoms with Crippen LogP contribution in [0.25, 0.3) is 10.9 Å². The molecule has 9 heteroatoms. The molecular weight excluding hydrogens is 400 g/mol. The highest BCUT2D eigenvalue weighted by Gasteiger charge is 2.35. The molecule has 1 saturated carbocycles. The van der Waals surface area contributed by atoms with Crippen LogP contribution in [0.5, 0.6) is 0 Å². The van der Waals surface area contributed by atoms with Gasteiger partial charge in [-0.15, -0.1) is 0 Å². The van der Waals surface area contributed by atoms with E-state index in [1.165, 1.54) is 10.8 Å². The zero-order chi connectivity index (χ0) is 20.9. The number of anilines is 1. The summed E-state index contributed by atoms with van der Waals surface area (Å²) in [4.78, 5) is 25.7. The maximum absolute atomic E-state index is 15.7. The summed E-state index contributed by atoms with van der Waals surface area (Å²) in [5, 5.41) is 9.14. The summed E-state index contributed by atoms with van der Waals surface area (Å²) in [6, 6.07) is 0.680. The Bertz CT molecular complexity index is 1040. The Hall–Kier alpha value is -2.13. The van der Waals surface area contributed by atoms with Crippen molar-refractivity contribution in [1.29, 1.82) is 0 Å². The van der Waals surface area contributed by atoms with Crippen molar-refractivity contribution in [2.24, 2.45) is 11.7 Å². The van der Waals surface area contributed by atoms with Crippen molar-refractivity contribution in [3.63, 3.8) is 0 Å². The number of carboxylic acids is 1. The summed E-state index contributed by atoms with van der Waals surface area (Å²) >= 11 is 1.64. The highest BCUT2D eigenvalue weighted by atomic mass is 32.2. The second-order valence-electron chi connectivity index (χ2n) is 7.87. The molecule has 1 aromatic carbocycles. The fraction of sp³-hybridized carbons (Fsp3) is 0.500. The molecule has 0 spiro atoms. The first-order valence-corrected chi connectivity index (χ1v) is 11.0. The maximum atomic E-state index is 15.7. The minimum Gasteiger partial charge on any atom is -0.477 e. The standard InChI is InChI=1S/C20H23F2N3O3S/c1-29-9-10-6-24(8-15(10)23)18-14(21)5-12-17(16(18)22)25(11-3-2-4-11)7-13(19(12)26)20(27)28/h5,7,10-11,15H,2-4,6,8-9,23H2,1H3,(H,27,28). The number of halogens is 2. The molecule has 4 rings (SSSR count). The number of rotatable bonds is 5. The van der Waals surface area contributed by atoms with E-state index in [-0.39, 0.29) is 34.6 Å². The lowest BCUT2D eigenvalue weighted by Crippen LogP contribution is -2.31. The molecule has 2 aromatic rings. The van der Waals surface area contributed by atoms with Gasteiger partial charge in [0.15, 0.2) is 5.82 Å². The molecule has 0 amide bonds. The molecule has 0 radical (unpaired) electrons. The van der Waals surface area contributed by atoms with Crippen LogP contribution in [0.2, 0.25) is 0 Å². The normalized spacial score (nSPS) is 22.3. The number of aromatic nitrogens is 1. The number of carbonyl (C=O) groups is 1. The lowest BCUT2D eigenvalue weighted by molar-refractivity contribution is 0.0694. The molecule has 2 unspecified atom stereocenters. The van der Waals surface area contributed by atoms with Gasteiger partial charge in [0.05, 0.1) is 10.9 Å². The Morgan fingerprint density at radius 2 is 2.07 bits per heavy atom. The number of fused-ring (bicyclic) bond motifs is 1. The Morgan fingerprint density at radius 3 is 2.66 bits per heavy atom. The van der Waals surface area contributed by atoms with Gasteiger partial charge in [-0.05, 0) is 37.3 Å². The van der Waals surface area contributed by atoms with Gasteiger partial charge in [0.2, 0.25) is 5.43 Å². The lowest BCUT2D eigenvalue weighted by atomic mass is 9.92. The first-order valence-electron chi connectivity index (χ1n) is 9.63. The van der Waals surface area contributed by atoms with E-state index < -0.39 is 28.6 Å². The van der Waals surface area contributed by atoms with Gasteiger partial charge in [0, 0.05) is 37.3 Å². The first-order chi connectivity index (χ1) is 13.8. The van der Waals surface area contributed by atoms with E-state index in [1.807, 2.05) is 6.26 Å². The van der Waals surface area contributed by atoms with Crippen molar-refractivity contribution in [2.45, 2.75) is 31.3 Å². The van der Waals surface area contributed by atoms with Crippen molar-refractivity contribution in [1.82, 2.24) is 4.57 Å². The zero-order valence-electron chi connectivity index (χ0n) is 16.0. The highest BCUT2D eigenvalue weighted by Crippen LogP contribution is 2.38. The Morgan fingerprint density at radius 1 is 1.34 bits per heavy atom. The summed E-state index contributed by atoms with van der Waals surface area (Å²) in [5.74, 6) is -2.18. The number of nitrogens with two attached hydrogens (primary N) is 1. The van der Waals surface area contributed by atoms with E-state index >= 15 is 4.39 Å².